The summed E-state index contributed by atoms with van der Waals surface area (Å²) in [5.74, 6) is 0. The van der Waals surface area contributed by atoms with Crippen molar-refractivity contribution in [3.8, 4) is 0 Å². The van der Waals surface area contributed by atoms with Crippen molar-refractivity contribution in [2.24, 2.45) is 7.05 Å². The first-order chi connectivity index (χ1) is 7.24. The molecule has 0 spiro atoms. The zero-order chi connectivity index (χ0) is 12.4. The number of aryl methyl sites for hydroxylation is 1. The smallest absolute Gasteiger partial charge is 0.153 e. The number of hydrogen-bond acceptors (Lipinski definition) is 4. The first-order valence-corrected chi connectivity index (χ1v) is 6.99. The van der Waals surface area contributed by atoms with Gasteiger partial charge in [0.1, 0.15) is 0 Å². The molecule has 0 fully saturated rings. The molecule has 0 saturated heterocycles. The Labute approximate surface area is 96.8 Å². The van der Waals surface area contributed by atoms with Crippen LogP contribution in [0.25, 0.3) is 0 Å². The van der Waals surface area contributed by atoms with E-state index in [2.05, 4.69) is 10.3 Å². The molecule has 0 aliphatic carbocycles. The van der Waals surface area contributed by atoms with Crippen LogP contribution in [0.15, 0.2) is 12.5 Å². The van der Waals surface area contributed by atoms with Crippen molar-refractivity contribution in [3.05, 3.63) is 18.2 Å². The summed E-state index contributed by atoms with van der Waals surface area (Å²) in [6.07, 6.45) is 4.75. The Hall–Kier alpha value is -0.880. The first-order valence-electron chi connectivity index (χ1n) is 5.09. The summed E-state index contributed by atoms with van der Waals surface area (Å²) in [5, 5.41) is 3.14. The van der Waals surface area contributed by atoms with Crippen molar-refractivity contribution in [2.75, 3.05) is 12.8 Å². The number of sulfone groups is 1. The average Bonchev–Trinajstić information content (AvgIpc) is 2.49. The zero-order valence-electron chi connectivity index (χ0n) is 10.2. The molecule has 0 radical (unpaired) electrons. The second-order valence-electron chi connectivity index (χ2n) is 4.63. The first kappa shape index (κ1) is 13.2. The van der Waals surface area contributed by atoms with Crippen molar-refractivity contribution < 1.29 is 8.42 Å². The topological polar surface area (TPSA) is 64.0 Å². The fourth-order valence-corrected chi connectivity index (χ4v) is 1.54. The molecule has 0 unspecified atom stereocenters. The molecular weight excluding hydrogens is 226 g/mol. The lowest BCUT2D eigenvalue weighted by atomic mass is 10.2. The van der Waals surface area contributed by atoms with Crippen LogP contribution in [0.5, 0.6) is 0 Å². The SMILES string of the molecule is Cn1cncc1CNCC(C)(C)S(C)(=O)=O. The van der Waals surface area contributed by atoms with E-state index in [1.165, 1.54) is 6.26 Å². The van der Waals surface area contributed by atoms with Gasteiger partial charge in [0, 0.05) is 32.6 Å². The zero-order valence-corrected chi connectivity index (χ0v) is 11.0. The second kappa shape index (κ2) is 4.55. The van der Waals surface area contributed by atoms with Gasteiger partial charge < -0.3 is 9.88 Å². The van der Waals surface area contributed by atoms with Crippen LogP contribution >= 0.6 is 0 Å². The summed E-state index contributed by atoms with van der Waals surface area (Å²) in [4.78, 5) is 3.99. The molecule has 1 rings (SSSR count). The Balaban J connectivity index is 2.51. The largest absolute Gasteiger partial charge is 0.337 e. The fourth-order valence-electron chi connectivity index (χ4n) is 1.18. The highest BCUT2D eigenvalue weighted by atomic mass is 32.2. The number of nitrogens with one attached hydrogen (secondary N) is 1. The average molecular weight is 245 g/mol. The molecule has 1 aromatic heterocycles. The molecule has 0 aromatic carbocycles. The van der Waals surface area contributed by atoms with Gasteiger partial charge in [0.15, 0.2) is 9.84 Å². The second-order valence-corrected chi connectivity index (χ2v) is 7.28. The number of rotatable bonds is 5. The maximum absolute atomic E-state index is 11.5. The van der Waals surface area contributed by atoms with Gasteiger partial charge in [-0.2, -0.15) is 0 Å². The van der Waals surface area contributed by atoms with E-state index < -0.39 is 14.6 Å². The van der Waals surface area contributed by atoms with Gasteiger partial charge >= 0.3 is 0 Å². The monoisotopic (exact) mass is 245 g/mol. The van der Waals surface area contributed by atoms with Gasteiger partial charge in [-0.25, -0.2) is 13.4 Å². The van der Waals surface area contributed by atoms with Crippen molar-refractivity contribution in [2.45, 2.75) is 25.1 Å². The van der Waals surface area contributed by atoms with E-state index in [4.69, 9.17) is 0 Å². The van der Waals surface area contributed by atoms with E-state index in [9.17, 15) is 8.42 Å². The standard InChI is InChI=1S/C10H19N3O2S/c1-10(2,16(4,14)15)7-11-5-9-6-12-8-13(9)3/h6,8,11H,5,7H2,1-4H3. The highest BCUT2D eigenvalue weighted by molar-refractivity contribution is 7.92. The molecule has 1 N–H and O–H groups in total. The Morgan fingerprint density at radius 3 is 2.56 bits per heavy atom. The van der Waals surface area contributed by atoms with Crippen molar-refractivity contribution in [3.63, 3.8) is 0 Å². The summed E-state index contributed by atoms with van der Waals surface area (Å²) >= 11 is 0. The molecule has 92 valence electrons. The predicted octanol–water partition coefficient (Wildman–Crippen LogP) is 0.333. The number of aromatic nitrogens is 2. The number of hydrogen-bond donors (Lipinski definition) is 1. The highest BCUT2D eigenvalue weighted by Crippen LogP contribution is 2.13. The lowest BCUT2D eigenvalue weighted by molar-refractivity contribution is 0.517. The van der Waals surface area contributed by atoms with Gasteiger partial charge in [0.25, 0.3) is 0 Å². The van der Waals surface area contributed by atoms with E-state index in [0.29, 0.717) is 13.1 Å². The van der Waals surface area contributed by atoms with Crippen LogP contribution in [-0.2, 0) is 23.4 Å². The van der Waals surface area contributed by atoms with Gasteiger partial charge in [-0.1, -0.05) is 0 Å². The molecule has 0 bridgehead atoms. The third-order valence-electron chi connectivity index (χ3n) is 2.78. The minimum atomic E-state index is -3.04. The minimum Gasteiger partial charge on any atom is -0.337 e. The lowest BCUT2D eigenvalue weighted by Crippen LogP contribution is -2.41. The third kappa shape index (κ3) is 3.05. The fraction of sp³-hybridized carbons (Fsp3) is 0.700. The van der Waals surface area contributed by atoms with Crippen molar-refractivity contribution in [1.82, 2.24) is 14.9 Å². The van der Waals surface area contributed by atoms with Gasteiger partial charge in [0.05, 0.1) is 16.8 Å². The Morgan fingerprint density at radius 2 is 2.12 bits per heavy atom. The van der Waals surface area contributed by atoms with Gasteiger partial charge in [-0.3, -0.25) is 0 Å². The summed E-state index contributed by atoms with van der Waals surface area (Å²) in [6.45, 7) is 4.49. The van der Waals surface area contributed by atoms with Crippen LogP contribution in [0.3, 0.4) is 0 Å². The molecule has 0 saturated carbocycles. The molecular formula is C10H19N3O2S. The quantitative estimate of drug-likeness (QED) is 0.812. The van der Waals surface area contributed by atoms with E-state index in [0.717, 1.165) is 5.69 Å². The van der Waals surface area contributed by atoms with E-state index in [1.807, 2.05) is 11.6 Å². The van der Waals surface area contributed by atoms with Gasteiger partial charge in [-0.15, -0.1) is 0 Å². The summed E-state index contributed by atoms with van der Waals surface area (Å²) in [5.41, 5.74) is 1.03. The molecule has 0 amide bonds. The van der Waals surface area contributed by atoms with Crippen molar-refractivity contribution >= 4 is 9.84 Å². The maximum atomic E-state index is 11.5. The summed E-state index contributed by atoms with van der Waals surface area (Å²) in [6, 6.07) is 0. The van der Waals surface area contributed by atoms with E-state index in [1.54, 1.807) is 26.4 Å². The Kier molecular flexibility index (Phi) is 3.75. The normalized spacial score (nSPS) is 13.0. The van der Waals surface area contributed by atoms with Crippen LogP contribution in [0.2, 0.25) is 0 Å². The summed E-state index contributed by atoms with van der Waals surface area (Å²) in [7, 11) is -1.13. The molecule has 1 aromatic rings. The molecule has 1 heterocycles. The van der Waals surface area contributed by atoms with Crippen LogP contribution in [0, 0.1) is 0 Å². The van der Waals surface area contributed by atoms with E-state index >= 15 is 0 Å². The van der Waals surface area contributed by atoms with Gasteiger partial charge in [0.2, 0.25) is 0 Å². The lowest BCUT2D eigenvalue weighted by Gasteiger charge is -2.22. The molecule has 0 aliphatic rings. The molecule has 0 atom stereocenters. The predicted molar refractivity (Wildman–Crippen MR) is 63.8 cm³/mol. The maximum Gasteiger partial charge on any atom is 0.153 e. The minimum absolute atomic E-state index is 0.428. The van der Waals surface area contributed by atoms with E-state index in [-0.39, 0.29) is 0 Å². The Morgan fingerprint density at radius 1 is 1.50 bits per heavy atom. The molecule has 0 aliphatic heterocycles. The van der Waals surface area contributed by atoms with Crippen LogP contribution in [0.4, 0.5) is 0 Å². The van der Waals surface area contributed by atoms with Crippen molar-refractivity contribution in [1.29, 1.82) is 0 Å². The highest BCUT2D eigenvalue weighted by Gasteiger charge is 2.29. The van der Waals surface area contributed by atoms with Crippen LogP contribution in [-0.4, -0.2) is 35.5 Å². The number of nitrogens with zero attached hydrogens (tertiary/aromatic N) is 2. The molecule has 16 heavy (non-hydrogen) atoms. The Bertz CT molecular complexity index is 448. The van der Waals surface area contributed by atoms with Gasteiger partial charge in [-0.05, 0) is 13.8 Å². The van der Waals surface area contributed by atoms with Crippen LogP contribution < -0.4 is 5.32 Å². The van der Waals surface area contributed by atoms with Crippen LogP contribution in [0.1, 0.15) is 19.5 Å². The number of imidazole rings is 1. The molecule has 5 nitrogen and oxygen atoms in total. The summed E-state index contributed by atoms with van der Waals surface area (Å²) < 4.78 is 24.1. The molecule has 6 heteroatoms. The third-order valence-corrected chi connectivity index (χ3v) is 4.93.